The summed E-state index contributed by atoms with van der Waals surface area (Å²) in [4.78, 5) is 24.2. The van der Waals surface area contributed by atoms with Crippen molar-refractivity contribution in [3.8, 4) is 0 Å². The lowest BCUT2D eigenvalue weighted by atomic mass is 10.1. The van der Waals surface area contributed by atoms with Crippen LogP contribution in [0.1, 0.15) is 46.9 Å². The first-order valence-corrected chi connectivity index (χ1v) is 11.2. The van der Waals surface area contributed by atoms with Gasteiger partial charge < -0.3 is 5.32 Å². The molecule has 6 nitrogen and oxygen atoms in total. The highest BCUT2D eigenvalue weighted by Crippen LogP contribution is 2.28. The Morgan fingerprint density at radius 1 is 1.00 bits per heavy atom. The highest BCUT2D eigenvalue weighted by atomic mass is 79.9. The van der Waals surface area contributed by atoms with Crippen molar-refractivity contribution in [1.29, 1.82) is 0 Å². The predicted octanol–water partition coefficient (Wildman–Crippen LogP) is 4.08. The van der Waals surface area contributed by atoms with Gasteiger partial charge >= 0.3 is 0 Å². The number of piperidine rings is 1. The number of anilines is 1. The molecule has 1 N–H and O–H groups in total. The van der Waals surface area contributed by atoms with Gasteiger partial charge in [0, 0.05) is 34.4 Å². The normalized spacial score (nSPS) is 15.2. The van der Waals surface area contributed by atoms with Crippen molar-refractivity contribution >= 4 is 43.3 Å². The van der Waals surface area contributed by atoms with Crippen molar-refractivity contribution in [3.05, 3.63) is 58.1 Å². The molecule has 1 saturated heterocycles. The number of hydrogen-bond acceptors (Lipinski definition) is 4. The minimum atomic E-state index is -3.68. The lowest BCUT2D eigenvalue weighted by molar-refractivity contribution is 0.101. The molecule has 0 saturated carbocycles. The molecule has 0 unspecified atom stereocenters. The van der Waals surface area contributed by atoms with Crippen LogP contribution in [0.5, 0.6) is 0 Å². The van der Waals surface area contributed by atoms with Gasteiger partial charge in [-0.05, 0) is 66.0 Å². The van der Waals surface area contributed by atoms with Crippen molar-refractivity contribution in [2.75, 3.05) is 18.4 Å². The monoisotopic (exact) mass is 464 g/mol. The molecule has 1 fully saturated rings. The Hall–Kier alpha value is -2.03. The largest absolute Gasteiger partial charge is 0.322 e. The van der Waals surface area contributed by atoms with Crippen LogP contribution in [0.2, 0.25) is 0 Å². The second kappa shape index (κ2) is 8.55. The number of nitrogens with one attached hydrogen (secondary N) is 1. The number of Topliss-reactive ketones (excluding diaryl/α,β-unsaturated/α-hetero) is 1. The number of ketones is 1. The van der Waals surface area contributed by atoms with Crippen molar-refractivity contribution in [2.45, 2.75) is 31.1 Å². The van der Waals surface area contributed by atoms with Crippen molar-refractivity contribution in [1.82, 2.24) is 4.31 Å². The number of rotatable bonds is 5. The number of carbonyl (C=O) groups is 2. The molecule has 0 atom stereocenters. The third kappa shape index (κ3) is 4.51. The number of halogens is 1. The summed E-state index contributed by atoms with van der Waals surface area (Å²) in [6.45, 7) is 2.43. The quantitative estimate of drug-likeness (QED) is 0.675. The SMILES string of the molecule is CC(=O)c1cccc(NC(=O)c2ccc(Br)c(S(=O)(=O)N3CCCCC3)c2)c1. The van der Waals surface area contributed by atoms with Crippen LogP contribution in [-0.2, 0) is 10.0 Å². The molecular formula is C20H21BrN2O4S. The van der Waals surface area contributed by atoms with E-state index in [1.165, 1.54) is 17.3 Å². The average Bonchev–Trinajstić information content (AvgIpc) is 2.69. The second-order valence-electron chi connectivity index (χ2n) is 6.70. The number of nitrogens with zero attached hydrogens (tertiary/aromatic N) is 1. The zero-order chi connectivity index (χ0) is 20.3. The Kier molecular flexibility index (Phi) is 6.32. The second-order valence-corrected chi connectivity index (χ2v) is 9.46. The third-order valence-corrected chi connectivity index (χ3v) is 7.55. The van der Waals surface area contributed by atoms with E-state index in [2.05, 4.69) is 21.2 Å². The van der Waals surface area contributed by atoms with Gasteiger partial charge in [0.15, 0.2) is 5.78 Å². The van der Waals surface area contributed by atoms with Crippen LogP contribution in [0.4, 0.5) is 5.69 Å². The molecule has 28 heavy (non-hydrogen) atoms. The summed E-state index contributed by atoms with van der Waals surface area (Å²) in [6, 6.07) is 11.1. The molecule has 1 aliphatic heterocycles. The number of amides is 1. The lowest BCUT2D eigenvalue weighted by Gasteiger charge is -2.26. The maximum atomic E-state index is 13.0. The molecule has 3 rings (SSSR count). The summed E-state index contributed by atoms with van der Waals surface area (Å²) in [5, 5.41) is 2.72. The van der Waals surface area contributed by atoms with E-state index in [0.717, 1.165) is 19.3 Å². The number of sulfonamides is 1. The Bertz CT molecular complexity index is 1010. The van der Waals surface area contributed by atoms with Crippen molar-refractivity contribution in [2.24, 2.45) is 0 Å². The Morgan fingerprint density at radius 3 is 2.39 bits per heavy atom. The van der Waals surface area contributed by atoms with Gasteiger partial charge in [-0.1, -0.05) is 18.6 Å². The molecule has 0 spiro atoms. The first-order valence-electron chi connectivity index (χ1n) is 9.01. The number of hydrogen-bond donors (Lipinski definition) is 1. The summed E-state index contributed by atoms with van der Waals surface area (Å²) >= 11 is 3.30. The van der Waals surface area contributed by atoms with Gasteiger partial charge in [-0.15, -0.1) is 0 Å². The highest BCUT2D eigenvalue weighted by Gasteiger charge is 2.28. The van der Waals surface area contributed by atoms with E-state index in [4.69, 9.17) is 0 Å². The van der Waals surface area contributed by atoms with E-state index in [-0.39, 0.29) is 16.2 Å². The van der Waals surface area contributed by atoms with E-state index < -0.39 is 15.9 Å². The first-order chi connectivity index (χ1) is 13.3. The standard InChI is InChI=1S/C20H21BrN2O4S/c1-14(24)15-6-5-7-17(12-15)22-20(25)16-8-9-18(21)19(13-16)28(26,27)23-10-3-2-4-11-23/h5-9,12-13H,2-4,10-11H2,1H3,(H,22,25). The topological polar surface area (TPSA) is 83.5 Å². The summed E-state index contributed by atoms with van der Waals surface area (Å²) in [6.07, 6.45) is 2.70. The number of carbonyl (C=O) groups excluding carboxylic acids is 2. The van der Waals surface area contributed by atoms with Gasteiger partial charge in [-0.3, -0.25) is 9.59 Å². The fourth-order valence-corrected chi connectivity index (χ4v) is 5.57. The van der Waals surface area contributed by atoms with Crippen LogP contribution in [0.3, 0.4) is 0 Å². The fourth-order valence-electron chi connectivity index (χ4n) is 3.11. The van der Waals surface area contributed by atoms with Crippen LogP contribution >= 0.6 is 15.9 Å². The van der Waals surface area contributed by atoms with E-state index in [1.54, 1.807) is 36.4 Å². The fraction of sp³-hybridized carbons (Fsp3) is 0.300. The molecule has 0 radical (unpaired) electrons. The molecule has 1 amide bonds. The van der Waals surface area contributed by atoms with Gasteiger partial charge in [0.25, 0.3) is 5.91 Å². The smallest absolute Gasteiger partial charge is 0.255 e. The first kappa shape index (κ1) is 20.7. The maximum Gasteiger partial charge on any atom is 0.255 e. The molecule has 1 heterocycles. The van der Waals surface area contributed by atoms with Crippen LogP contribution in [0, 0.1) is 0 Å². The molecule has 8 heteroatoms. The minimum Gasteiger partial charge on any atom is -0.322 e. The molecule has 0 aromatic heterocycles. The van der Waals surface area contributed by atoms with Gasteiger partial charge in [-0.25, -0.2) is 8.42 Å². The molecule has 0 bridgehead atoms. The van der Waals surface area contributed by atoms with Crippen molar-refractivity contribution < 1.29 is 18.0 Å². The third-order valence-electron chi connectivity index (χ3n) is 4.65. The average molecular weight is 465 g/mol. The predicted molar refractivity (Wildman–Crippen MR) is 111 cm³/mol. The van der Waals surface area contributed by atoms with E-state index >= 15 is 0 Å². The summed E-state index contributed by atoms with van der Waals surface area (Å²) in [7, 11) is -3.68. The Morgan fingerprint density at radius 2 is 1.71 bits per heavy atom. The summed E-state index contributed by atoms with van der Waals surface area (Å²) < 4.78 is 27.9. The molecule has 2 aromatic carbocycles. The van der Waals surface area contributed by atoms with Crippen molar-refractivity contribution in [3.63, 3.8) is 0 Å². The highest BCUT2D eigenvalue weighted by molar-refractivity contribution is 9.10. The van der Waals surface area contributed by atoms with Crippen LogP contribution in [-0.4, -0.2) is 37.5 Å². The molecule has 148 valence electrons. The van der Waals surface area contributed by atoms with E-state index in [9.17, 15) is 18.0 Å². The van der Waals surface area contributed by atoms with Crippen LogP contribution in [0.25, 0.3) is 0 Å². The Labute approximate surface area is 173 Å². The number of benzene rings is 2. The van der Waals surface area contributed by atoms with Crippen LogP contribution in [0.15, 0.2) is 51.8 Å². The zero-order valence-corrected chi connectivity index (χ0v) is 17.8. The maximum absolute atomic E-state index is 13.0. The molecule has 0 aliphatic carbocycles. The molecule has 1 aliphatic rings. The van der Waals surface area contributed by atoms with Gasteiger partial charge in [0.05, 0.1) is 4.90 Å². The molecule has 2 aromatic rings. The Balaban J connectivity index is 1.87. The van der Waals surface area contributed by atoms with Gasteiger partial charge in [-0.2, -0.15) is 4.31 Å². The van der Waals surface area contributed by atoms with E-state index in [0.29, 0.717) is 28.8 Å². The van der Waals surface area contributed by atoms with Gasteiger partial charge in [0.2, 0.25) is 10.0 Å². The lowest BCUT2D eigenvalue weighted by Crippen LogP contribution is -2.35. The zero-order valence-electron chi connectivity index (χ0n) is 15.4. The van der Waals surface area contributed by atoms with E-state index in [1.807, 2.05) is 0 Å². The van der Waals surface area contributed by atoms with Crippen LogP contribution < -0.4 is 5.32 Å². The van der Waals surface area contributed by atoms with Gasteiger partial charge in [0.1, 0.15) is 0 Å². The summed E-state index contributed by atoms with van der Waals surface area (Å²) in [5.74, 6) is -0.544. The molecular weight excluding hydrogens is 444 g/mol. The summed E-state index contributed by atoms with van der Waals surface area (Å²) in [5.41, 5.74) is 1.19. The minimum absolute atomic E-state index is 0.0829.